The van der Waals surface area contributed by atoms with Crippen molar-refractivity contribution in [2.45, 2.75) is 9.84 Å². The summed E-state index contributed by atoms with van der Waals surface area (Å²) in [6.45, 7) is -0.221. The van der Waals surface area contributed by atoms with Gasteiger partial charge in [-0.3, -0.25) is 0 Å². The van der Waals surface area contributed by atoms with E-state index >= 15 is 0 Å². The molecule has 0 amide bonds. The number of rotatable bonds is 2. The molecule has 0 aliphatic carbocycles. The van der Waals surface area contributed by atoms with Crippen molar-refractivity contribution in [2.75, 3.05) is 6.61 Å². The predicted octanol–water partition coefficient (Wildman–Crippen LogP) is 0.456. The molecule has 7 heavy (non-hydrogen) atoms. The molecule has 0 aromatic rings. The average molecular weight is 234 g/mol. The number of halogens is 2. The molecule has 1 unspecified atom stereocenters. The maximum absolute atomic E-state index is 8.59. The fourth-order valence-corrected chi connectivity index (χ4v) is 0.414. The second-order valence-corrected chi connectivity index (χ2v) is 4.29. The van der Waals surface area contributed by atoms with Crippen molar-refractivity contribution < 1.29 is 10.2 Å². The fourth-order valence-electron chi connectivity index (χ4n) is 0.0797. The first-order chi connectivity index (χ1) is 3.18. The lowest BCUT2D eigenvalue weighted by molar-refractivity contribution is 0.110. The van der Waals surface area contributed by atoms with Crippen LogP contribution in [-0.2, 0) is 0 Å². The molecule has 0 saturated heterocycles. The quantitative estimate of drug-likeness (QED) is 0.681. The monoisotopic (exact) mass is 232 g/mol. The van der Waals surface area contributed by atoms with Crippen LogP contribution in [0.5, 0.6) is 0 Å². The van der Waals surface area contributed by atoms with E-state index in [2.05, 4.69) is 31.9 Å². The van der Waals surface area contributed by atoms with Crippen molar-refractivity contribution in [1.29, 1.82) is 0 Å². The summed E-state index contributed by atoms with van der Waals surface area (Å²) >= 11 is 6.01. The van der Waals surface area contributed by atoms with Crippen molar-refractivity contribution in [3.63, 3.8) is 0 Å². The molecule has 0 aliphatic rings. The minimum Gasteiger partial charge on any atom is -0.394 e. The van der Waals surface area contributed by atoms with Crippen molar-refractivity contribution in [3.8, 4) is 0 Å². The molecular formula is C3H6Br2O2. The van der Waals surface area contributed by atoms with Crippen molar-refractivity contribution >= 4 is 31.9 Å². The SMILES string of the molecule is OCC(O)C(Br)Br. The summed E-state index contributed by atoms with van der Waals surface area (Å²) in [5, 5.41) is 16.8. The Kier molecular flexibility index (Phi) is 4.31. The van der Waals surface area contributed by atoms with E-state index in [0.29, 0.717) is 0 Å². The largest absolute Gasteiger partial charge is 0.394 e. The second-order valence-electron chi connectivity index (χ2n) is 1.08. The fraction of sp³-hybridized carbons (Fsp3) is 1.00. The van der Waals surface area contributed by atoms with Gasteiger partial charge in [0.05, 0.1) is 16.4 Å². The van der Waals surface area contributed by atoms with E-state index in [9.17, 15) is 0 Å². The Labute approximate surface area is 58.8 Å². The van der Waals surface area contributed by atoms with Gasteiger partial charge < -0.3 is 10.2 Å². The van der Waals surface area contributed by atoms with E-state index in [-0.39, 0.29) is 10.3 Å². The Balaban J connectivity index is 3.14. The zero-order valence-corrected chi connectivity index (χ0v) is 6.68. The summed E-state index contributed by atoms with van der Waals surface area (Å²) in [6.07, 6.45) is -0.708. The Morgan fingerprint density at radius 2 is 1.86 bits per heavy atom. The summed E-state index contributed by atoms with van der Waals surface area (Å²) < 4.78 is -0.204. The van der Waals surface area contributed by atoms with Crippen LogP contribution in [0.15, 0.2) is 0 Å². The van der Waals surface area contributed by atoms with Crippen molar-refractivity contribution in [2.24, 2.45) is 0 Å². The van der Waals surface area contributed by atoms with Gasteiger partial charge in [0, 0.05) is 0 Å². The van der Waals surface area contributed by atoms with Crippen molar-refractivity contribution in [3.05, 3.63) is 0 Å². The first kappa shape index (κ1) is 7.88. The van der Waals surface area contributed by atoms with E-state index in [4.69, 9.17) is 10.2 Å². The molecule has 2 N–H and O–H groups in total. The van der Waals surface area contributed by atoms with Crippen molar-refractivity contribution in [1.82, 2.24) is 0 Å². The lowest BCUT2D eigenvalue weighted by Gasteiger charge is -2.05. The number of aliphatic hydroxyl groups excluding tert-OH is 2. The average Bonchev–Trinajstić information content (AvgIpc) is 1.65. The van der Waals surface area contributed by atoms with Crippen LogP contribution in [-0.4, -0.2) is 26.7 Å². The molecule has 4 heteroatoms. The molecule has 0 aromatic carbocycles. The minimum absolute atomic E-state index is 0.204. The number of alkyl halides is 2. The molecule has 0 spiro atoms. The zero-order valence-electron chi connectivity index (χ0n) is 3.51. The summed E-state index contributed by atoms with van der Waals surface area (Å²) in [4.78, 5) is 0. The van der Waals surface area contributed by atoms with Gasteiger partial charge in [-0.1, -0.05) is 31.9 Å². The number of hydrogen-bond acceptors (Lipinski definition) is 2. The third-order valence-corrected chi connectivity index (χ3v) is 1.70. The molecule has 0 bridgehead atoms. The molecule has 0 saturated carbocycles. The van der Waals surface area contributed by atoms with E-state index in [0.717, 1.165) is 0 Å². The highest BCUT2D eigenvalue weighted by atomic mass is 79.9. The smallest absolute Gasteiger partial charge is 0.0993 e. The molecule has 0 heterocycles. The minimum atomic E-state index is -0.708. The lowest BCUT2D eigenvalue weighted by Crippen LogP contribution is -2.18. The second kappa shape index (κ2) is 3.83. The third kappa shape index (κ3) is 3.46. The number of hydrogen-bond donors (Lipinski definition) is 2. The molecule has 0 radical (unpaired) electrons. The molecule has 0 rings (SSSR count). The van der Waals surface area contributed by atoms with Gasteiger partial charge in [-0.25, -0.2) is 0 Å². The van der Waals surface area contributed by atoms with Gasteiger partial charge in [-0.05, 0) is 0 Å². The van der Waals surface area contributed by atoms with Crippen LogP contribution >= 0.6 is 31.9 Å². The Morgan fingerprint density at radius 3 is 1.86 bits per heavy atom. The first-order valence-corrected chi connectivity index (χ1v) is 3.58. The number of aliphatic hydroxyl groups is 2. The summed E-state index contributed by atoms with van der Waals surface area (Å²) in [5.41, 5.74) is 0. The maximum Gasteiger partial charge on any atom is 0.0993 e. The highest BCUT2D eigenvalue weighted by Gasteiger charge is 2.08. The molecule has 1 atom stereocenters. The van der Waals surface area contributed by atoms with Gasteiger partial charge in [0.2, 0.25) is 0 Å². The van der Waals surface area contributed by atoms with Crippen LogP contribution in [0, 0.1) is 0 Å². The Hall–Kier alpha value is 0.880. The van der Waals surface area contributed by atoms with E-state index < -0.39 is 6.10 Å². The molecule has 44 valence electrons. The van der Waals surface area contributed by atoms with Gasteiger partial charge in [0.1, 0.15) is 0 Å². The van der Waals surface area contributed by atoms with Gasteiger partial charge >= 0.3 is 0 Å². The molecular weight excluding hydrogens is 228 g/mol. The van der Waals surface area contributed by atoms with Crippen LogP contribution in [0.25, 0.3) is 0 Å². The van der Waals surface area contributed by atoms with Gasteiger partial charge in [0.25, 0.3) is 0 Å². The lowest BCUT2D eigenvalue weighted by atomic mass is 10.5. The topological polar surface area (TPSA) is 40.5 Å². The summed E-state index contributed by atoms with van der Waals surface area (Å²) in [5.74, 6) is 0. The predicted molar refractivity (Wildman–Crippen MR) is 34.7 cm³/mol. The van der Waals surface area contributed by atoms with E-state index in [1.807, 2.05) is 0 Å². The van der Waals surface area contributed by atoms with Gasteiger partial charge in [0.15, 0.2) is 0 Å². The zero-order chi connectivity index (χ0) is 5.86. The Bertz CT molecular complexity index is 48.2. The van der Waals surface area contributed by atoms with Crippen LogP contribution in [0.4, 0.5) is 0 Å². The molecule has 0 fully saturated rings. The van der Waals surface area contributed by atoms with Crippen LogP contribution in [0.2, 0.25) is 0 Å². The van der Waals surface area contributed by atoms with Crippen LogP contribution in [0.1, 0.15) is 0 Å². The first-order valence-electron chi connectivity index (χ1n) is 1.75. The summed E-state index contributed by atoms with van der Waals surface area (Å²) in [6, 6.07) is 0. The normalized spacial score (nSPS) is 15.0. The van der Waals surface area contributed by atoms with Gasteiger partial charge in [-0.2, -0.15) is 0 Å². The molecule has 0 aromatic heterocycles. The van der Waals surface area contributed by atoms with E-state index in [1.54, 1.807) is 0 Å². The summed E-state index contributed by atoms with van der Waals surface area (Å²) in [7, 11) is 0. The van der Waals surface area contributed by atoms with Crippen LogP contribution in [0.3, 0.4) is 0 Å². The Morgan fingerprint density at radius 1 is 1.43 bits per heavy atom. The molecule has 2 nitrogen and oxygen atoms in total. The van der Waals surface area contributed by atoms with Crippen LogP contribution < -0.4 is 0 Å². The highest BCUT2D eigenvalue weighted by Crippen LogP contribution is 2.11. The molecule has 0 aliphatic heterocycles. The third-order valence-electron chi connectivity index (χ3n) is 0.478. The van der Waals surface area contributed by atoms with E-state index in [1.165, 1.54) is 0 Å². The van der Waals surface area contributed by atoms with Gasteiger partial charge in [-0.15, -0.1) is 0 Å². The highest BCUT2D eigenvalue weighted by molar-refractivity contribution is 9.24. The standard InChI is InChI=1S/C3H6Br2O2/c4-3(5)2(7)1-6/h2-3,6-7H,1H2. The maximum atomic E-state index is 8.59.